The van der Waals surface area contributed by atoms with Gasteiger partial charge in [-0.1, -0.05) is 159 Å². The summed E-state index contributed by atoms with van der Waals surface area (Å²) in [5, 5.41) is 39.7. The zero-order valence-electron chi connectivity index (χ0n) is 59.7. The summed E-state index contributed by atoms with van der Waals surface area (Å²) in [5.74, 6) is 4.30. The molecule has 13 nitrogen and oxygen atoms in total. The van der Waals surface area contributed by atoms with E-state index in [9.17, 15) is 29.7 Å². The number of Topliss-reactive ketones (excluding diaryl/α,β-unsaturated/α-hetero) is 1. The van der Waals surface area contributed by atoms with Crippen molar-refractivity contribution in [2.24, 2.45) is 0 Å². The van der Waals surface area contributed by atoms with Crippen LogP contribution in [-0.4, -0.2) is 49.5 Å². The minimum atomic E-state index is -0.678. The summed E-state index contributed by atoms with van der Waals surface area (Å²) < 4.78 is 37.4. The normalized spacial score (nSPS) is 13.9. The maximum atomic E-state index is 12.2. The van der Waals surface area contributed by atoms with Gasteiger partial charge in [-0.2, -0.15) is 0 Å². The number of allylic oxidation sites excluding steroid dienone is 2. The van der Waals surface area contributed by atoms with Crippen molar-refractivity contribution in [1.82, 2.24) is 0 Å². The second kappa shape index (κ2) is 32.9. The van der Waals surface area contributed by atoms with Gasteiger partial charge in [0, 0.05) is 55.8 Å². The Bertz CT molecular complexity index is 5520. The first-order valence-electron chi connectivity index (χ1n) is 34.3. The Morgan fingerprint density at radius 2 is 0.864 bits per heavy atom. The molecule has 14 aromatic rings. The lowest BCUT2D eigenvalue weighted by molar-refractivity contribution is 0.0382. The third kappa shape index (κ3) is 16.0. The van der Waals surface area contributed by atoms with Crippen LogP contribution in [0.4, 0.5) is 0 Å². The number of furan rings is 1. The number of carbonyl (C=O) groups is 1. The third-order valence-corrected chi connectivity index (χ3v) is 19.4. The van der Waals surface area contributed by atoms with Crippen LogP contribution in [0.2, 0.25) is 0 Å². The van der Waals surface area contributed by atoms with Crippen LogP contribution in [0.5, 0.6) is 34.5 Å². The molecule has 0 saturated heterocycles. The highest BCUT2D eigenvalue weighted by Gasteiger charge is 2.31. The van der Waals surface area contributed by atoms with Gasteiger partial charge in [-0.05, 0) is 196 Å². The number of hydrogen-bond donors (Lipinski definition) is 3. The van der Waals surface area contributed by atoms with Gasteiger partial charge in [-0.15, -0.1) is 0 Å². The van der Waals surface area contributed by atoms with Crippen molar-refractivity contribution in [1.29, 1.82) is 0 Å². The molecule has 0 spiro atoms. The number of ketones is 1. The van der Waals surface area contributed by atoms with Crippen LogP contribution in [0.15, 0.2) is 229 Å². The fraction of sp³-hybridized carbons (Fsp3) is 0.233. The number of phenols is 1. The van der Waals surface area contributed by atoms with E-state index in [0.717, 1.165) is 145 Å². The summed E-state index contributed by atoms with van der Waals surface area (Å²) >= 11 is 0. The Morgan fingerprint density at radius 3 is 1.47 bits per heavy atom. The van der Waals surface area contributed by atoms with Gasteiger partial charge in [0.2, 0.25) is 0 Å². The fourth-order valence-corrected chi connectivity index (χ4v) is 14.0. The molecule has 0 aliphatic heterocycles. The van der Waals surface area contributed by atoms with Crippen molar-refractivity contribution in [3.8, 4) is 34.5 Å². The predicted molar refractivity (Wildman–Crippen MR) is 419 cm³/mol. The Hall–Kier alpha value is -11.4. The molecule has 0 fully saturated rings. The minimum absolute atomic E-state index is 0. The molecule has 13 heteroatoms. The maximum Gasteiger partial charge on any atom is 0.347 e. The summed E-state index contributed by atoms with van der Waals surface area (Å²) in [6, 6.07) is 62.3. The monoisotopic (exact) mass is 1380 g/mol. The SMILES string of the molecule is C.COc1cccc2c(C)cccc12.COc1cccc2c1CCC=C2C.COc1cccc2c1CCCC2(C)O.COc1cccc2c1CCCC2=O.Cc1cccc2c(O)cccc12.Cc1cccc2c1ccc1c(O)cc(=O)oc12.Cc1cccc2c1ccc1c3occ(C)c3c(=O)oc21. The lowest BCUT2D eigenvalue weighted by Crippen LogP contribution is -2.27. The Balaban J connectivity index is 0.000000130. The molecule has 3 heterocycles. The molecule has 3 aliphatic rings. The van der Waals surface area contributed by atoms with Crippen molar-refractivity contribution >= 4 is 87.4 Å². The number of aromatic hydroxyl groups is 2. The molecular weight excluding hydrogens is 1290 g/mol. The summed E-state index contributed by atoms with van der Waals surface area (Å²) in [6.07, 6.45) is 11.6. The van der Waals surface area contributed by atoms with Crippen LogP contribution in [0.3, 0.4) is 0 Å². The average molecular weight is 1380 g/mol. The second-order valence-corrected chi connectivity index (χ2v) is 26.1. The van der Waals surface area contributed by atoms with Crippen LogP contribution >= 0.6 is 0 Å². The van der Waals surface area contributed by atoms with Gasteiger partial charge in [-0.25, -0.2) is 9.59 Å². The van der Waals surface area contributed by atoms with Crippen LogP contribution in [0.25, 0.3) is 81.6 Å². The molecule has 528 valence electrons. The van der Waals surface area contributed by atoms with E-state index in [1.165, 1.54) is 44.2 Å². The molecule has 0 amide bonds. The Labute approximate surface area is 600 Å². The Kier molecular flexibility index (Phi) is 23.8. The van der Waals surface area contributed by atoms with Crippen molar-refractivity contribution in [3.63, 3.8) is 0 Å². The molecule has 0 radical (unpaired) electrons. The lowest BCUT2D eigenvalue weighted by Gasteiger charge is -2.31. The molecule has 3 N–H and O–H groups in total. The van der Waals surface area contributed by atoms with E-state index in [1.54, 1.807) is 46.8 Å². The van der Waals surface area contributed by atoms with Crippen LogP contribution in [0.1, 0.15) is 119 Å². The second-order valence-electron chi connectivity index (χ2n) is 26.1. The number of fused-ring (bicyclic) bond motifs is 13. The lowest BCUT2D eigenvalue weighted by atomic mass is 9.80. The van der Waals surface area contributed by atoms with E-state index < -0.39 is 11.2 Å². The standard InChI is InChI=1S/C17H12O3.C14H10O3.C12H16O2.C12H14O.C12H12O.C11H12O2.C11H10O.CH4/c1-9-4-3-5-12-11(9)6-7-13-15(12)20-17(18)14-10(2)8-19-16(13)14;1-8-3-2-4-10-9(8)5-6-11-12(15)7-13(16)17-14(10)11;1-12(13)8-4-5-9-10(12)6-3-7-11(9)14-2;2*1-9-5-3-7-11-10(9)6-4-8-12(11)13-2;1-13-11-7-3-4-8-9(11)5-2-6-10(8)12;1-8-4-2-6-10-9(8)5-3-7-11(10)12;/h3-8H,1-2H3;2-7,15H,1H3;3,6-7,13H,4-5,8H2,1-2H3;4-6,8H,3,7H2,1-2H3;3-8H,1-2H3;3-4,7H,2,5-6H2,1H3;2-7,12H,1H3;1H4. The molecule has 11 aromatic carbocycles. The van der Waals surface area contributed by atoms with E-state index >= 15 is 0 Å². The highest BCUT2D eigenvalue weighted by Crippen LogP contribution is 2.40. The molecule has 0 bridgehead atoms. The smallest absolute Gasteiger partial charge is 0.347 e. The van der Waals surface area contributed by atoms with Crippen LogP contribution in [0, 0.1) is 34.6 Å². The van der Waals surface area contributed by atoms with Gasteiger partial charge in [0.25, 0.3) is 0 Å². The molecule has 103 heavy (non-hydrogen) atoms. The number of carbonyl (C=O) groups excluding carboxylic acids is 1. The summed E-state index contributed by atoms with van der Waals surface area (Å²) in [6.45, 7) is 14.1. The van der Waals surface area contributed by atoms with Gasteiger partial charge >= 0.3 is 11.3 Å². The molecule has 17 rings (SSSR count). The molecule has 1 atom stereocenters. The van der Waals surface area contributed by atoms with Gasteiger partial charge in [0.1, 0.15) is 51.0 Å². The highest BCUT2D eigenvalue weighted by atomic mass is 16.5. The zero-order valence-corrected chi connectivity index (χ0v) is 59.7. The molecule has 3 aromatic heterocycles. The first-order chi connectivity index (χ1) is 49.2. The van der Waals surface area contributed by atoms with E-state index in [2.05, 4.69) is 56.3 Å². The summed E-state index contributed by atoms with van der Waals surface area (Å²) in [5.41, 5.74) is 13.9. The molecule has 3 aliphatic carbocycles. The van der Waals surface area contributed by atoms with Gasteiger partial charge < -0.3 is 47.5 Å². The van der Waals surface area contributed by atoms with E-state index in [0.29, 0.717) is 39.7 Å². The minimum Gasteiger partial charge on any atom is -0.507 e. The topological polar surface area (TPSA) is 188 Å². The van der Waals surface area contributed by atoms with Crippen LogP contribution < -0.4 is 30.2 Å². The van der Waals surface area contributed by atoms with Crippen molar-refractivity contribution in [2.45, 2.75) is 113 Å². The molecule has 1 unspecified atom stereocenters. The van der Waals surface area contributed by atoms with E-state index in [1.807, 2.05) is 174 Å². The quantitative estimate of drug-likeness (QED) is 0.112. The number of benzene rings is 11. The van der Waals surface area contributed by atoms with Gasteiger partial charge in [0.15, 0.2) is 11.4 Å². The largest absolute Gasteiger partial charge is 0.507 e. The van der Waals surface area contributed by atoms with Gasteiger partial charge in [0.05, 0.1) is 57.1 Å². The Morgan fingerprint density at radius 1 is 0.408 bits per heavy atom. The van der Waals surface area contributed by atoms with Crippen molar-refractivity contribution in [2.75, 3.05) is 28.4 Å². The number of ether oxygens (including phenoxy) is 4. The number of aliphatic hydroxyl groups is 1. The first kappa shape index (κ1) is 74.3. The van der Waals surface area contributed by atoms with Crippen molar-refractivity contribution < 1.29 is 52.3 Å². The molecular formula is C90H90O13. The van der Waals surface area contributed by atoms with E-state index in [4.69, 9.17) is 32.2 Å². The third-order valence-electron chi connectivity index (χ3n) is 19.4. The zero-order chi connectivity index (χ0) is 72.4. The number of rotatable bonds is 4. The highest BCUT2D eigenvalue weighted by molar-refractivity contribution is 6.13. The van der Waals surface area contributed by atoms with Crippen molar-refractivity contribution in [3.05, 3.63) is 289 Å². The number of methoxy groups -OCH3 is 4. The van der Waals surface area contributed by atoms with E-state index in [-0.39, 0.29) is 24.6 Å². The average Bonchev–Trinajstić information content (AvgIpc) is 1.70. The number of phenolic OH excluding ortho intramolecular Hbond substituents is 1. The predicted octanol–water partition coefficient (Wildman–Crippen LogP) is 21.4. The number of hydrogen-bond acceptors (Lipinski definition) is 13. The summed E-state index contributed by atoms with van der Waals surface area (Å²) in [7, 11) is 6.77. The number of aryl methyl sites for hydroxylation is 5. The van der Waals surface area contributed by atoms with Gasteiger partial charge in [-0.3, -0.25) is 4.79 Å². The maximum absolute atomic E-state index is 12.2. The summed E-state index contributed by atoms with van der Waals surface area (Å²) in [4.78, 5) is 35.0. The molecule has 0 saturated carbocycles. The first-order valence-corrected chi connectivity index (χ1v) is 34.3. The van der Waals surface area contributed by atoms with Crippen LogP contribution in [-0.2, 0) is 24.9 Å². The fourth-order valence-electron chi connectivity index (χ4n) is 14.0.